The van der Waals surface area contributed by atoms with Gasteiger partial charge in [-0.15, -0.1) is 0 Å². The Labute approximate surface area is 65.8 Å². The lowest BCUT2D eigenvalue weighted by atomic mass is 10.2. The Morgan fingerprint density at radius 3 is 2.50 bits per heavy atom. The van der Waals surface area contributed by atoms with E-state index in [4.69, 9.17) is 16.3 Å². The molecule has 0 spiro atoms. The molecule has 0 aromatic carbocycles. The van der Waals surface area contributed by atoms with Crippen molar-refractivity contribution in [2.24, 2.45) is 5.92 Å². The quantitative estimate of drug-likeness (QED) is 0.593. The molecule has 58 valence electrons. The molecule has 10 heavy (non-hydrogen) atoms. The Balaban J connectivity index is 3.50. The highest BCUT2D eigenvalue weighted by Crippen LogP contribution is 2.01. The lowest BCUT2D eigenvalue weighted by Crippen LogP contribution is -2.12. The van der Waals surface area contributed by atoms with Crippen molar-refractivity contribution in [3.05, 3.63) is 11.6 Å². The van der Waals surface area contributed by atoms with Crippen molar-refractivity contribution in [1.82, 2.24) is 0 Å². The van der Waals surface area contributed by atoms with Crippen LogP contribution in [-0.4, -0.2) is 12.6 Å². The predicted octanol–water partition coefficient (Wildman–Crippen LogP) is 1.94. The van der Waals surface area contributed by atoms with Crippen molar-refractivity contribution in [3.8, 4) is 0 Å². The van der Waals surface area contributed by atoms with Gasteiger partial charge in [-0.05, 0) is 0 Å². The highest BCUT2D eigenvalue weighted by atomic mass is 35.5. The molecule has 0 heterocycles. The lowest BCUT2D eigenvalue weighted by molar-refractivity contribution is -0.146. The van der Waals surface area contributed by atoms with Gasteiger partial charge in [0.2, 0.25) is 0 Å². The van der Waals surface area contributed by atoms with Crippen molar-refractivity contribution in [1.29, 1.82) is 0 Å². The number of carbonyl (C=O) groups excluding carboxylic acids is 1. The number of ether oxygens (including phenoxy) is 1. The average molecular weight is 163 g/mol. The fourth-order valence-corrected chi connectivity index (χ4v) is 0.371. The molecule has 0 fully saturated rings. The number of carbonyl (C=O) groups is 1. The third-order valence-corrected chi connectivity index (χ3v) is 0.952. The zero-order valence-electron chi connectivity index (χ0n) is 6.19. The van der Waals surface area contributed by atoms with Crippen molar-refractivity contribution >= 4 is 17.6 Å². The van der Waals surface area contributed by atoms with Crippen LogP contribution in [0.3, 0.4) is 0 Å². The first-order valence-electron chi connectivity index (χ1n) is 3.04. The second kappa shape index (κ2) is 4.34. The van der Waals surface area contributed by atoms with Crippen LogP contribution in [0.4, 0.5) is 0 Å². The summed E-state index contributed by atoms with van der Waals surface area (Å²) in [5, 5.41) is 0.342. The summed E-state index contributed by atoms with van der Waals surface area (Å²) in [4.78, 5) is 10.7. The van der Waals surface area contributed by atoms with E-state index in [9.17, 15) is 4.79 Å². The van der Waals surface area contributed by atoms with Crippen LogP contribution < -0.4 is 0 Å². The molecule has 0 aromatic rings. The predicted molar refractivity (Wildman–Crippen MR) is 40.8 cm³/mol. The number of hydrogen-bond donors (Lipinski definition) is 0. The van der Waals surface area contributed by atoms with Crippen LogP contribution in [0.25, 0.3) is 0 Å². The molecular weight excluding hydrogens is 152 g/mol. The van der Waals surface area contributed by atoms with Gasteiger partial charge in [0.1, 0.15) is 6.61 Å². The number of rotatable bonds is 3. The molecule has 0 rings (SSSR count). The number of esters is 1. The summed E-state index contributed by atoms with van der Waals surface area (Å²) in [5.74, 6) is -0.349. The Kier molecular flexibility index (Phi) is 4.12. The van der Waals surface area contributed by atoms with Gasteiger partial charge < -0.3 is 4.74 Å². The van der Waals surface area contributed by atoms with Crippen LogP contribution in [0.5, 0.6) is 0 Å². The number of halogens is 1. The molecule has 0 unspecified atom stereocenters. The minimum atomic E-state index is -0.248. The van der Waals surface area contributed by atoms with E-state index in [1.165, 1.54) is 0 Å². The Hall–Kier alpha value is -0.500. The second-order valence-electron chi connectivity index (χ2n) is 2.28. The summed E-state index contributed by atoms with van der Waals surface area (Å²) in [6, 6.07) is 0. The molecule has 0 aromatic heterocycles. The van der Waals surface area contributed by atoms with Crippen molar-refractivity contribution < 1.29 is 9.53 Å². The summed E-state index contributed by atoms with van der Waals surface area (Å²) in [5.41, 5.74) is 0. The zero-order chi connectivity index (χ0) is 8.15. The molecule has 0 aliphatic carbocycles. The van der Waals surface area contributed by atoms with E-state index in [1.54, 1.807) is 13.8 Å². The molecule has 0 atom stereocenters. The van der Waals surface area contributed by atoms with Crippen molar-refractivity contribution in [2.75, 3.05) is 6.61 Å². The highest BCUT2D eigenvalue weighted by molar-refractivity contribution is 6.29. The van der Waals surface area contributed by atoms with E-state index in [2.05, 4.69) is 6.58 Å². The smallest absolute Gasteiger partial charge is 0.308 e. The molecule has 2 nitrogen and oxygen atoms in total. The summed E-state index contributed by atoms with van der Waals surface area (Å²) in [6.07, 6.45) is 0. The van der Waals surface area contributed by atoms with Gasteiger partial charge in [-0.3, -0.25) is 4.79 Å². The Morgan fingerprint density at radius 1 is 1.70 bits per heavy atom. The van der Waals surface area contributed by atoms with E-state index < -0.39 is 0 Å². The van der Waals surface area contributed by atoms with Gasteiger partial charge in [-0.1, -0.05) is 32.0 Å². The first-order valence-corrected chi connectivity index (χ1v) is 3.41. The van der Waals surface area contributed by atoms with Crippen LogP contribution >= 0.6 is 11.6 Å². The molecule has 0 bridgehead atoms. The largest absolute Gasteiger partial charge is 0.460 e. The van der Waals surface area contributed by atoms with E-state index in [0.29, 0.717) is 5.03 Å². The number of hydrogen-bond acceptors (Lipinski definition) is 2. The summed E-state index contributed by atoms with van der Waals surface area (Å²) in [6.45, 7) is 7.01. The van der Waals surface area contributed by atoms with Gasteiger partial charge in [0.05, 0.1) is 5.92 Å². The van der Waals surface area contributed by atoms with E-state index in [-0.39, 0.29) is 18.5 Å². The minimum Gasteiger partial charge on any atom is -0.460 e. The first kappa shape index (κ1) is 9.50. The maximum atomic E-state index is 10.7. The Bertz CT molecular complexity index is 141. The highest BCUT2D eigenvalue weighted by Gasteiger charge is 2.07. The van der Waals surface area contributed by atoms with Crippen LogP contribution in [0.2, 0.25) is 0 Å². The zero-order valence-corrected chi connectivity index (χ0v) is 6.94. The van der Waals surface area contributed by atoms with Crippen LogP contribution in [0, 0.1) is 5.92 Å². The third kappa shape index (κ3) is 4.39. The second-order valence-corrected chi connectivity index (χ2v) is 2.81. The maximum absolute atomic E-state index is 10.7. The maximum Gasteiger partial charge on any atom is 0.308 e. The normalized spacial score (nSPS) is 9.60. The molecule has 0 saturated carbocycles. The topological polar surface area (TPSA) is 26.3 Å². The fourth-order valence-electron chi connectivity index (χ4n) is 0.316. The van der Waals surface area contributed by atoms with Gasteiger partial charge in [0.15, 0.2) is 0 Å². The molecule has 3 heteroatoms. The average Bonchev–Trinajstić information content (AvgIpc) is 1.82. The van der Waals surface area contributed by atoms with Gasteiger partial charge in [-0.2, -0.15) is 0 Å². The molecule has 0 radical (unpaired) electrons. The summed E-state index contributed by atoms with van der Waals surface area (Å²) >= 11 is 5.35. The van der Waals surface area contributed by atoms with E-state index in [0.717, 1.165) is 0 Å². The molecular formula is C7H11ClO2. The third-order valence-electron chi connectivity index (χ3n) is 0.842. The van der Waals surface area contributed by atoms with E-state index in [1.807, 2.05) is 0 Å². The molecule has 0 saturated heterocycles. The summed E-state index contributed by atoms with van der Waals surface area (Å²) in [7, 11) is 0. The van der Waals surface area contributed by atoms with Crippen LogP contribution in [-0.2, 0) is 9.53 Å². The molecule has 0 N–H and O–H groups in total. The first-order chi connectivity index (χ1) is 4.54. The van der Waals surface area contributed by atoms with Gasteiger partial charge in [-0.25, -0.2) is 0 Å². The van der Waals surface area contributed by atoms with E-state index >= 15 is 0 Å². The summed E-state index contributed by atoms with van der Waals surface area (Å²) < 4.78 is 4.69. The fraction of sp³-hybridized carbons (Fsp3) is 0.571. The van der Waals surface area contributed by atoms with Crippen LogP contribution in [0.1, 0.15) is 13.8 Å². The lowest BCUT2D eigenvalue weighted by Gasteiger charge is -2.04. The van der Waals surface area contributed by atoms with Gasteiger partial charge in [0.25, 0.3) is 0 Å². The standard InChI is InChI=1S/C7H11ClO2/c1-5(2)7(9)10-4-6(3)8/h5H,3-4H2,1-2H3. The minimum absolute atomic E-state index is 0.101. The van der Waals surface area contributed by atoms with Crippen molar-refractivity contribution in [3.63, 3.8) is 0 Å². The van der Waals surface area contributed by atoms with Crippen LogP contribution in [0.15, 0.2) is 11.6 Å². The van der Waals surface area contributed by atoms with Gasteiger partial charge in [0, 0.05) is 5.03 Å². The molecule has 0 aliphatic rings. The Morgan fingerprint density at radius 2 is 2.20 bits per heavy atom. The molecule has 0 aliphatic heterocycles. The molecule has 0 amide bonds. The van der Waals surface area contributed by atoms with Gasteiger partial charge >= 0.3 is 5.97 Å². The monoisotopic (exact) mass is 162 g/mol. The SMILES string of the molecule is C=C(Cl)COC(=O)C(C)C. The van der Waals surface area contributed by atoms with Crippen molar-refractivity contribution in [2.45, 2.75) is 13.8 Å².